The molecular formula is C24H42. The highest BCUT2D eigenvalue weighted by Gasteiger charge is 1.78. The molecule has 0 atom stereocenters. The lowest BCUT2D eigenvalue weighted by Crippen LogP contribution is -1.68. The van der Waals surface area contributed by atoms with Crippen molar-refractivity contribution in [3.63, 3.8) is 0 Å². The predicted octanol–water partition coefficient (Wildman–Crippen LogP) is 8.76. The molecule has 0 aromatic carbocycles. The number of hydrogen-bond acceptors (Lipinski definition) is 0. The Balaban J connectivity index is -0.000000276. The first-order valence-electron chi connectivity index (χ1n) is 9.49. The SMILES string of the molecule is C/C=C\CC/C=C\C.C/C=C\CCCCC.C\C=C/C=C\C=C/C. The maximum Gasteiger partial charge on any atom is -0.0316 e. The van der Waals surface area contributed by atoms with Crippen molar-refractivity contribution in [2.24, 2.45) is 0 Å². The van der Waals surface area contributed by atoms with E-state index in [1.54, 1.807) is 0 Å². The highest BCUT2D eigenvalue weighted by molar-refractivity contribution is 5.09. The molecule has 0 saturated heterocycles. The molecule has 0 radical (unpaired) electrons. The van der Waals surface area contributed by atoms with Crippen LogP contribution in [-0.4, -0.2) is 0 Å². The van der Waals surface area contributed by atoms with Crippen molar-refractivity contribution in [1.82, 2.24) is 0 Å². The minimum absolute atomic E-state index is 1.18. The van der Waals surface area contributed by atoms with Gasteiger partial charge < -0.3 is 0 Å². The van der Waals surface area contributed by atoms with E-state index in [1.807, 2.05) is 50.3 Å². The number of hydrogen-bond donors (Lipinski definition) is 0. The van der Waals surface area contributed by atoms with Crippen LogP contribution in [-0.2, 0) is 0 Å². The van der Waals surface area contributed by atoms with Crippen molar-refractivity contribution in [3.05, 3.63) is 72.9 Å². The zero-order valence-corrected chi connectivity index (χ0v) is 17.2. The lowest BCUT2D eigenvalue weighted by molar-refractivity contribution is 0.729. The maximum atomic E-state index is 2.23. The van der Waals surface area contributed by atoms with Crippen molar-refractivity contribution in [3.8, 4) is 0 Å². The standard InChI is InChI=1S/C8H16.C8H14.C8H12/c3*1-3-5-7-8-6-4-2/h3,5H,4,6-8H2,1-2H3;3-6H,7-8H2,1-2H3;3-8H,1-2H3/b5-3-;5-3-,6-4-;5-3-,6-4-,8-7-. The summed E-state index contributed by atoms with van der Waals surface area (Å²) in [6.45, 7) is 12.4. The van der Waals surface area contributed by atoms with E-state index in [4.69, 9.17) is 0 Å². The highest BCUT2D eigenvalue weighted by Crippen LogP contribution is 1.98. The van der Waals surface area contributed by atoms with Crippen LogP contribution in [0.25, 0.3) is 0 Å². The van der Waals surface area contributed by atoms with Crippen LogP contribution >= 0.6 is 0 Å². The molecule has 0 aliphatic carbocycles. The fourth-order valence-corrected chi connectivity index (χ4v) is 1.56. The normalized spacial score (nSPS) is 11.8. The van der Waals surface area contributed by atoms with Gasteiger partial charge in [-0.15, -0.1) is 0 Å². The maximum absolute atomic E-state index is 2.23. The number of unbranched alkanes of at least 4 members (excludes halogenated alkanes) is 4. The van der Waals surface area contributed by atoms with Crippen LogP contribution in [0.15, 0.2) is 72.9 Å². The summed E-state index contributed by atoms with van der Waals surface area (Å²) in [5, 5.41) is 0. The molecule has 0 spiro atoms. The van der Waals surface area contributed by atoms with Crippen molar-refractivity contribution < 1.29 is 0 Å². The molecule has 0 aromatic rings. The van der Waals surface area contributed by atoms with Gasteiger partial charge in [0.05, 0.1) is 0 Å². The molecule has 0 amide bonds. The van der Waals surface area contributed by atoms with Crippen molar-refractivity contribution in [1.29, 1.82) is 0 Å². The summed E-state index contributed by atoms with van der Waals surface area (Å²) in [6, 6.07) is 0. The van der Waals surface area contributed by atoms with Gasteiger partial charge in [-0.1, -0.05) is 92.7 Å². The molecule has 0 fully saturated rings. The van der Waals surface area contributed by atoms with Gasteiger partial charge in [-0.05, 0) is 60.3 Å². The number of rotatable bonds is 9. The fourth-order valence-electron chi connectivity index (χ4n) is 1.56. The van der Waals surface area contributed by atoms with Gasteiger partial charge in [0.15, 0.2) is 0 Å². The molecule has 0 aliphatic rings. The molecule has 0 unspecified atom stereocenters. The van der Waals surface area contributed by atoms with E-state index in [0.29, 0.717) is 0 Å². The molecule has 24 heavy (non-hydrogen) atoms. The van der Waals surface area contributed by atoms with Crippen LogP contribution in [0.2, 0.25) is 0 Å². The summed E-state index contributed by atoms with van der Waals surface area (Å²) < 4.78 is 0. The van der Waals surface area contributed by atoms with Crippen LogP contribution in [0.4, 0.5) is 0 Å². The average molecular weight is 331 g/mol. The Bertz CT molecular complexity index is 322. The minimum atomic E-state index is 1.18. The van der Waals surface area contributed by atoms with E-state index >= 15 is 0 Å². The Morgan fingerprint density at radius 3 is 1.21 bits per heavy atom. The summed E-state index contributed by atoms with van der Waals surface area (Å²) in [4.78, 5) is 0. The molecule has 0 heteroatoms. The first-order chi connectivity index (χ1) is 11.7. The summed E-state index contributed by atoms with van der Waals surface area (Å²) >= 11 is 0. The first-order valence-corrected chi connectivity index (χ1v) is 9.49. The van der Waals surface area contributed by atoms with Gasteiger partial charge in [0.2, 0.25) is 0 Å². The Kier molecular flexibility index (Phi) is 37.7. The largest absolute Gasteiger partial charge is 0.0917 e. The van der Waals surface area contributed by atoms with Gasteiger partial charge in [-0.25, -0.2) is 0 Å². The second kappa shape index (κ2) is 33.1. The fraction of sp³-hybridized carbons (Fsp3) is 0.500. The van der Waals surface area contributed by atoms with Crippen LogP contribution in [0.5, 0.6) is 0 Å². The monoisotopic (exact) mass is 330 g/mol. The molecule has 0 saturated carbocycles. The Morgan fingerprint density at radius 2 is 0.875 bits per heavy atom. The molecule has 0 heterocycles. The van der Waals surface area contributed by atoms with Crippen LogP contribution < -0.4 is 0 Å². The molecule has 0 rings (SSSR count). The van der Waals surface area contributed by atoms with Crippen molar-refractivity contribution in [2.75, 3.05) is 0 Å². The van der Waals surface area contributed by atoms with Crippen molar-refractivity contribution in [2.45, 2.75) is 80.1 Å². The van der Waals surface area contributed by atoms with E-state index in [0.717, 1.165) is 0 Å². The first kappa shape index (κ1) is 27.3. The third kappa shape index (κ3) is 42.8. The summed E-state index contributed by atoms with van der Waals surface area (Å²) in [5.41, 5.74) is 0. The Hall–Kier alpha value is -1.56. The second-order valence-corrected chi connectivity index (χ2v) is 5.22. The Labute approximate surface area is 153 Å². The summed E-state index contributed by atoms with van der Waals surface area (Å²) in [7, 11) is 0. The van der Waals surface area contributed by atoms with E-state index in [-0.39, 0.29) is 0 Å². The van der Waals surface area contributed by atoms with Gasteiger partial charge in [-0.2, -0.15) is 0 Å². The molecule has 0 aliphatic heterocycles. The van der Waals surface area contributed by atoms with E-state index < -0.39 is 0 Å². The topological polar surface area (TPSA) is 0 Å². The molecule has 0 nitrogen and oxygen atoms in total. The predicted molar refractivity (Wildman–Crippen MR) is 117 cm³/mol. The van der Waals surface area contributed by atoms with Gasteiger partial charge in [0.25, 0.3) is 0 Å². The lowest BCUT2D eigenvalue weighted by Gasteiger charge is -1.88. The minimum Gasteiger partial charge on any atom is -0.0917 e. The van der Waals surface area contributed by atoms with Crippen LogP contribution in [0, 0.1) is 0 Å². The smallest absolute Gasteiger partial charge is 0.0316 e. The average Bonchev–Trinajstić information content (AvgIpc) is 2.61. The van der Waals surface area contributed by atoms with E-state index in [2.05, 4.69) is 64.2 Å². The van der Waals surface area contributed by atoms with Gasteiger partial charge in [-0.3, -0.25) is 0 Å². The highest BCUT2D eigenvalue weighted by atomic mass is 13.8. The third-order valence-corrected chi connectivity index (χ3v) is 2.90. The third-order valence-electron chi connectivity index (χ3n) is 2.90. The van der Waals surface area contributed by atoms with Gasteiger partial charge in [0.1, 0.15) is 0 Å². The zero-order valence-electron chi connectivity index (χ0n) is 17.2. The molecule has 138 valence electrons. The van der Waals surface area contributed by atoms with E-state index in [1.165, 1.54) is 38.5 Å². The molecule has 0 N–H and O–H groups in total. The van der Waals surface area contributed by atoms with Gasteiger partial charge >= 0.3 is 0 Å². The van der Waals surface area contributed by atoms with E-state index in [9.17, 15) is 0 Å². The summed E-state index contributed by atoms with van der Waals surface area (Å²) in [6.07, 6.45) is 32.6. The summed E-state index contributed by atoms with van der Waals surface area (Å²) in [5.74, 6) is 0. The Morgan fingerprint density at radius 1 is 0.458 bits per heavy atom. The second-order valence-electron chi connectivity index (χ2n) is 5.22. The molecule has 0 bridgehead atoms. The van der Waals surface area contributed by atoms with Gasteiger partial charge in [0, 0.05) is 0 Å². The number of allylic oxidation sites excluding steroid dienone is 12. The van der Waals surface area contributed by atoms with Crippen molar-refractivity contribution >= 4 is 0 Å². The van der Waals surface area contributed by atoms with Crippen LogP contribution in [0.1, 0.15) is 80.1 Å². The quantitative estimate of drug-likeness (QED) is 0.225. The van der Waals surface area contributed by atoms with Crippen LogP contribution in [0.3, 0.4) is 0 Å². The lowest BCUT2D eigenvalue weighted by atomic mass is 10.2. The molecule has 0 aromatic heterocycles. The zero-order chi connectivity index (χ0) is 18.7. The molecular weight excluding hydrogens is 288 g/mol.